The highest BCUT2D eigenvalue weighted by atomic mass is 35.5. The summed E-state index contributed by atoms with van der Waals surface area (Å²) in [6, 6.07) is 12.6. The number of hydrogen-bond donors (Lipinski definition) is 2. The topological polar surface area (TPSA) is 135 Å². The molecule has 2 aromatic carbocycles. The predicted molar refractivity (Wildman–Crippen MR) is 177 cm³/mol. The van der Waals surface area contributed by atoms with Crippen molar-refractivity contribution in [1.29, 1.82) is 0 Å². The van der Waals surface area contributed by atoms with Crippen molar-refractivity contribution >= 4 is 41.0 Å². The van der Waals surface area contributed by atoms with E-state index in [1.807, 2.05) is 31.2 Å². The minimum Gasteiger partial charge on any atom is -0.455 e. The van der Waals surface area contributed by atoms with Gasteiger partial charge in [-0.3, -0.25) is 19.2 Å². The number of carbonyl (C=O) groups excluding carboxylic acids is 4. The Kier molecular flexibility index (Phi) is 10.0. The molecule has 0 saturated carbocycles. The van der Waals surface area contributed by atoms with Crippen LogP contribution >= 0.6 is 11.6 Å². The molecule has 4 heterocycles. The Bertz CT molecular complexity index is 1600. The van der Waals surface area contributed by atoms with Crippen LogP contribution in [0.2, 0.25) is 5.02 Å². The zero-order valence-corrected chi connectivity index (χ0v) is 27.7. The number of methoxy groups -OCH3 is 1. The lowest BCUT2D eigenvalue weighted by Gasteiger charge is -2.36. The summed E-state index contributed by atoms with van der Waals surface area (Å²) >= 11 is 6.63. The van der Waals surface area contributed by atoms with Crippen molar-refractivity contribution in [3.8, 4) is 0 Å². The number of fused-ring (bicyclic) bond motifs is 2. The fourth-order valence-corrected chi connectivity index (χ4v) is 7.86. The summed E-state index contributed by atoms with van der Waals surface area (Å²) in [5.74, 6) is -4.00. The Morgan fingerprint density at radius 3 is 2.58 bits per heavy atom. The lowest BCUT2D eigenvalue weighted by atomic mass is 9.77. The molecule has 1 spiro atoms. The lowest BCUT2D eigenvalue weighted by Crippen LogP contribution is -2.55. The normalized spacial score (nSPS) is 31.2. The van der Waals surface area contributed by atoms with E-state index in [1.54, 1.807) is 53.5 Å². The Balaban J connectivity index is 1.45. The van der Waals surface area contributed by atoms with E-state index in [-0.39, 0.29) is 45.1 Å². The van der Waals surface area contributed by atoms with E-state index in [1.165, 1.54) is 12.0 Å². The molecule has 6 rings (SSSR count). The van der Waals surface area contributed by atoms with Gasteiger partial charge in [-0.05, 0) is 37.0 Å². The third-order valence-corrected chi connectivity index (χ3v) is 9.88. The Hall–Kier alpha value is -4.03. The van der Waals surface area contributed by atoms with Gasteiger partial charge in [0.2, 0.25) is 11.8 Å². The monoisotopic (exact) mass is 677 g/mol. The van der Waals surface area contributed by atoms with Crippen LogP contribution in [0.1, 0.15) is 36.5 Å². The van der Waals surface area contributed by atoms with Crippen molar-refractivity contribution < 1.29 is 38.5 Å². The molecular formula is C36H40ClN3O8. The van der Waals surface area contributed by atoms with Crippen molar-refractivity contribution in [2.75, 3.05) is 38.3 Å². The van der Waals surface area contributed by atoms with Crippen LogP contribution in [-0.4, -0.2) is 90.9 Å². The highest BCUT2D eigenvalue weighted by Crippen LogP contribution is 2.54. The second-order valence-electron chi connectivity index (χ2n) is 12.6. The third kappa shape index (κ3) is 6.04. The zero-order chi connectivity index (χ0) is 34.0. The molecule has 2 fully saturated rings. The number of rotatable bonds is 7. The van der Waals surface area contributed by atoms with Gasteiger partial charge >= 0.3 is 5.97 Å². The number of carbonyl (C=O) groups is 4. The van der Waals surface area contributed by atoms with Crippen LogP contribution in [0.3, 0.4) is 0 Å². The number of esters is 1. The summed E-state index contributed by atoms with van der Waals surface area (Å²) in [7, 11) is 1.50. The molecule has 4 aliphatic rings. The van der Waals surface area contributed by atoms with Crippen LogP contribution in [0, 0.1) is 18.8 Å². The van der Waals surface area contributed by atoms with E-state index < -0.39 is 59.5 Å². The number of aliphatic hydroxyl groups is 1. The first kappa shape index (κ1) is 33.9. The summed E-state index contributed by atoms with van der Waals surface area (Å²) in [4.78, 5) is 59.7. The number of anilines is 1. The zero-order valence-electron chi connectivity index (χ0n) is 26.9. The minimum atomic E-state index is -1.52. The molecule has 3 amide bonds. The summed E-state index contributed by atoms with van der Waals surface area (Å²) < 4.78 is 18.5. The van der Waals surface area contributed by atoms with E-state index >= 15 is 0 Å². The van der Waals surface area contributed by atoms with Crippen molar-refractivity contribution in [3.05, 3.63) is 89.0 Å². The molecule has 11 nitrogen and oxygen atoms in total. The molecule has 2 N–H and O–H groups in total. The maximum atomic E-state index is 14.7. The summed E-state index contributed by atoms with van der Waals surface area (Å²) in [5.41, 5.74) is 0.430. The van der Waals surface area contributed by atoms with E-state index in [2.05, 4.69) is 5.32 Å². The number of aryl methyl sites for hydroxylation is 1. The van der Waals surface area contributed by atoms with Gasteiger partial charge < -0.3 is 34.4 Å². The average molecular weight is 678 g/mol. The first-order chi connectivity index (χ1) is 23.2. The van der Waals surface area contributed by atoms with Gasteiger partial charge in [-0.1, -0.05) is 78.4 Å². The molecular weight excluding hydrogens is 638 g/mol. The number of para-hydroxylation sites is 1. The smallest absolute Gasteiger partial charge is 0.313 e. The van der Waals surface area contributed by atoms with E-state index in [4.69, 9.17) is 25.8 Å². The molecule has 0 unspecified atom stereocenters. The molecule has 48 heavy (non-hydrogen) atoms. The molecule has 254 valence electrons. The minimum absolute atomic E-state index is 0.0663. The first-order valence-corrected chi connectivity index (χ1v) is 16.6. The molecule has 0 bridgehead atoms. The number of ether oxygens (including phenoxy) is 3. The number of allylic oxidation sites excluding steroid dienone is 1. The number of nitrogens with one attached hydrogen (secondary N) is 1. The Labute approximate surface area is 284 Å². The van der Waals surface area contributed by atoms with Crippen LogP contribution in [0.15, 0.2) is 72.8 Å². The van der Waals surface area contributed by atoms with Crippen molar-refractivity contribution in [2.45, 2.75) is 56.1 Å². The van der Waals surface area contributed by atoms with Crippen LogP contribution < -0.4 is 10.2 Å². The highest BCUT2D eigenvalue weighted by molar-refractivity contribution is 6.34. The fourth-order valence-electron chi connectivity index (χ4n) is 7.54. The summed E-state index contributed by atoms with van der Waals surface area (Å²) in [5, 5.41) is 13.1. The SMILES string of the molecule is COC[C@@H]1NC(=O)CC/C=C\[C@@H]2O[C@@]34C=CCN(c5c(C)cccc5Cl)C(=O)[C@@H]3N(CCCO)C(=O)[C@H]4[C@@H]2C(=O)O[C@H]1c1ccccc1. The van der Waals surface area contributed by atoms with Crippen molar-refractivity contribution in [1.82, 2.24) is 10.2 Å². The van der Waals surface area contributed by atoms with Crippen LogP contribution in [0.25, 0.3) is 0 Å². The summed E-state index contributed by atoms with van der Waals surface area (Å²) in [6.07, 6.45) is 5.85. The van der Waals surface area contributed by atoms with Crippen LogP contribution in [0.5, 0.6) is 0 Å². The number of amides is 3. The van der Waals surface area contributed by atoms with E-state index in [0.717, 1.165) is 5.56 Å². The number of halogens is 1. The van der Waals surface area contributed by atoms with Gasteiger partial charge in [0.1, 0.15) is 23.7 Å². The van der Waals surface area contributed by atoms with Gasteiger partial charge in [-0.25, -0.2) is 0 Å². The Morgan fingerprint density at radius 1 is 1.06 bits per heavy atom. The fraction of sp³-hybridized carbons (Fsp3) is 0.444. The van der Waals surface area contributed by atoms with Crippen molar-refractivity contribution in [3.63, 3.8) is 0 Å². The lowest BCUT2D eigenvalue weighted by molar-refractivity contribution is -0.162. The molecule has 2 saturated heterocycles. The van der Waals surface area contributed by atoms with E-state index in [9.17, 15) is 24.3 Å². The number of likely N-dealkylation sites (tertiary alicyclic amines) is 1. The molecule has 12 heteroatoms. The predicted octanol–water partition coefficient (Wildman–Crippen LogP) is 3.28. The third-order valence-electron chi connectivity index (χ3n) is 9.57. The molecule has 0 radical (unpaired) electrons. The largest absolute Gasteiger partial charge is 0.455 e. The maximum Gasteiger partial charge on any atom is 0.313 e. The number of benzene rings is 2. The number of aliphatic hydroxyl groups excluding tert-OH is 1. The van der Waals surface area contributed by atoms with Gasteiger partial charge in [0.15, 0.2) is 0 Å². The second-order valence-corrected chi connectivity index (χ2v) is 13.0. The van der Waals surface area contributed by atoms with Gasteiger partial charge in [0, 0.05) is 33.2 Å². The molecule has 0 aromatic heterocycles. The summed E-state index contributed by atoms with van der Waals surface area (Å²) in [6.45, 7) is 1.97. The first-order valence-electron chi connectivity index (χ1n) is 16.3. The van der Waals surface area contributed by atoms with Gasteiger partial charge in [0.05, 0.1) is 35.4 Å². The highest BCUT2D eigenvalue weighted by Gasteiger charge is 2.72. The van der Waals surface area contributed by atoms with Gasteiger partial charge in [0.25, 0.3) is 5.91 Å². The van der Waals surface area contributed by atoms with E-state index in [0.29, 0.717) is 22.7 Å². The maximum absolute atomic E-state index is 14.7. The van der Waals surface area contributed by atoms with Crippen LogP contribution in [0.4, 0.5) is 5.69 Å². The standard InChI is InChI=1S/C36H40ClN3O8/c1-22-11-8-14-24(37)30(22)39-18-9-17-36-29(33(43)40(19-10-20-41)32(36)34(39)44)28-26(48-36)15-6-7-16-27(42)38-25(21-46-2)31(47-35(28)45)23-12-4-3-5-13-23/h3-6,8-9,11-15,17,25-26,28-29,31-32,41H,7,10,16,18-21H2,1-2H3,(H,38,42)/b15-6-/t25-,26-,28+,29+,31-,32-,36+/m0/s1. The van der Waals surface area contributed by atoms with Crippen LogP contribution in [-0.2, 0) is 33.4 Å². The quantitative estimate of drug-likeness (QED) is 0.337. The van der Waals surface area contributed by atoms with Gasteiger partial charge in [-0.15, -0.1) is 0 Å². The number of cyclic esters (lactones) is 1. The van der Waals surface area contributed by atoms with Gasteiger partial charge in [-0.2, -0.15) is 0 Å². The molecule has 2 aromatic rings. The molecule has 4 aliphatic heterocycles. The van der Waals surface area contributed by atoms with Crippen molar-refractivity contribution in [2.24, 2.45) is 11.8 Å². The molecule has 7 atom stereocenters. The Morgan fingerprint density at radius 2 is 1.85 bits per heavy atom. The average Bonchev–Trinajstić information content (AvgIpc) is 3.45. The second kappa shape index (κ2) is 14.2. The number of nitrogens with zero attached hydrogens (tertiary/aromatic N) is 2. The number of hydrogen-bond acceptors (Lipinski definition) is 8. The molecule has 0 aliphatic carbocycles.